The van der Waals surface area contributed by atoms with Gasteiger partial charge in [0.05, 0.1) is 5.92 Å². The van der Waals surface area contributed by atoms with Crippen molar-refractivity contribution >= 4 is 17.3 Å². The standard InChI is InChI=1S/C12H17NO2S/c1-9(11-5-3-7-16-11)13-6-2-4-10(8-13)12(14)15/h3,5,7,9-10H,2,4,6,8H2,1H3,(H,14,15). The summed E-state index contributed by atoms with van der Waals surface area (Å²) >= 11 is 1.75. The molecule has 16 heavy (non-hydrogen) atoms. The van der Waals surface area contributed by atoms with E-state index in [1.165, 1.54) is 4.88 Å². The van der Waals surface area contributed by atoms with E-state index in [4.69, 9.17) is 5.11 Å². The molecule has 0 bridgehead atoms. The summed E-state index contributed by atoms with van der Waals surface area (Å²) in [5.41, 5.74) is 0. The first-order valence-electron chi connectivity index (χ1n) is 5.68. The molecule has 1 saturated heterocycles. The molecule has 4 heteroatoms. The van der Waals surface area contributed by atoms with Crippen LogP contribution in [0, 0.1) is 5.92 Å². The summed E-state index contributed by atoms with van der Waals surface area (Å²) in [6.45, 7) is 3.87. The minimum atomic E-state index is -0.650. The van der Waals surface area contributed by atoms with Crippen LogP contribution in [-0.2, 0) is 4.79 Å². The Balaban J connectivity index is 2.01. The molecule has 1 aromatic rings. The molecule has 2 unspecified atom stereocenters. The predicted molar refractivity (Wildman–Crippen MR) is 64.7 cm³/mol. The van der Waals surface area contributed by atoms with E-state index in [1.807, 2.05) is 0 Å². The highest BCUT2D eigenvalue weighted by atomic mass is 32.1. The number of aliphatic carboxylic acids is 1. The molecular formula is C12H17NO2S. The maximum Gasteiger partial charge on any atom is 0.307 e. The van der Waals surface area contributed by atoms with Crippen LogP contribution in [0.2, 0.25) is 0 Å². The SMILES string of the molecule is CC(c1cccs1)N1CCCC(C(=O)O)C1. The summed E-state index contributed by atoms with van der Waals surface area (Å²) in [5.74, 6) is -0.834. The number of piperidine rings is 1. The van der Waals surface area contributed by atoms with Crippen molar-refractivity contribution in [2.45, 2.75) is 25.8 Å². The number of rotatable bonds is 3. The molecule has 1 fully saturated rings. The van der Waals surface area contributed by atoms with Crippen molar-refractivity contribution in [3.05, 3.63) is 22.4 Å². The van der Waals surface area contributed by atoms with Crippen molar-refractivity contribution in [2.24, 2.45) is 5.92 Å². The van der Waals surface area contributed by atoms with Gasteiger partial charge in [0.2, 0.25) is 0 Å². The molecule has 0 amide bonds. The third-order valence-corrected chi connectivity index (χ3v) is 4.35. The normalized spacial score (nSPS) is 24.2. The molecule has 2 heterocycles. The zero-order valence-electron chi connectivity index (χ0n) is 9.43. The molecule has 1 aliphatic heterocycles. The predicted octanol–water partition coefficient (Wildman–Crippen LogP) is 2.61. The highest BCUT2D eigenvalue weighted by Crippen LogP contribution is 2.29. The van der Waals surface area contributed by atoms with Gasteiger partial charge in [0.25, 0.3) is 0 Å². The number of hydrogen-bond acceptors (Lipinski definition) is 3. The molecular weight excluding hydrogens is 222 g/mol. The Hall–Kier alpha value is -0.870. The van der Waals surface area contributed by atoms with E-state index in [0.717, 1.165) is 19.4 Å². The Bertz CT molecular complexity index is 350. The fourth-order valence-corrected chi connectivity index (χ4v) is 3.09. The summed E-state index contributed by atoms with van der Waals surface area (Å²) in [4.78, 5) is 14.6. The van der Waals surface area contributed by atoms with Gasteiger partial charge in [0.1, 0.15) is 0 Å². The zero-order valence-corrected chi connectivity index (χ0v) is 10.2. The Morgan fingerprint density at radius 2 is 2.50 bits per heavy atom. The summed E-state index contributed by atoms with van der Waals surface area (Å²) in [5, 5.41) is 11.1. The van der Waals surface area contributed by atoms with Crippen molar-refractivity contribution < 1.29 is 9.90 Å². The van der Waals surface area contributed by atoms with Crippen LogP contribution in [0.1, 0.15) is 30.7 Å². The van der Waals surface area contributed by atoms with Gasteiger partial charge in [-0.2, -0.15) is 0 Å². The molecule has 1 N–H and O–H groups in total. The molecule has 0 saturated carbocycles. The quantitative estimate of drug-likeness (QED) is 0.881. The van der Waals surface area contributed by atoms with E-state index in [2.05, 4.69) is 29.3 Å². The topological polar surface area (TPSA) is 40.5 Å². The Morgan fingerprint density at radius 1 is 1.69 bits per heavy atom. The van der Waals surface area contributed by atoms with Gasteiger partial charge >= 0.3 is 5.97 Å². The number of carboxylic acids is 1. The minimum absolute atomic E-state index is 0.184. The van der Waals surface area contributed by atoms with E-state index in [-0.39, 0.29) is 5.92 Å². The summed E-state index contributed by atoms with van der Waals surface area (Å²) in [6, 6.07) is 4.52. The van der Waals surface area contributed by atoms with Crippen LogP contribution in [0.4, 0.5) is 0 Å². The second kappa shape index (κ2) is 4.97. The van der Waals surface area contributed by atoms with Crippen molar-refractivity contribution in [1.82, 2.24) is 4.90 Å². The van der Waals surface area contributed by atoms with Gasteiger partial charge in [-0.05, 0) is 37.8 Å². The van der Waals surface area contributed by atoms with Gasteiger partial charge < -0.3 is 5.11 Å². The first kappa shape index (κ1) is 11.6. The highest BCUT2D eigenvalue weighted by Gasteiger charge is 2.28. The van der Waals surface area contributed by atoms with E-state index < -0.39 is 5.97 Å². The van der Waals surface area contributed by atoms with Crippen molar-refractivity contribution in [3.8, 4) is 0 Å². The van der Waals surface area contributed by atoms with Gasteiger partial charge in [0, 0.05) is 17.5 Å². The Morgan fingerprint density at radius 3 is 3.12 bits per heavy atom. The molecule has 2 atom stereocenters. The Labute approximate surface area is 99.7 Å². The van der Waals surface area contributed by atoms with E-state index in [1.54, 1.807) is 11.3 Å². The van der Waals surface area contributed by atoms with E-state index >= 15 is 0 Å². The van der Waals surface area contributed by atoms with E-state index in [0.29, 0.717) is 12.6 Å². The van der Waals surface area contributed by atoms with Gasteiger partial charge in [-0.1, -0.05) is 6.07 Å². The van der Waals surface area contributed by atoms with Gasteiger partial charge in [0.15, 0.2) is 0 Å². The summed E-state index contributed by atoms with van der Waals surface area (Å²) < 4.78 is 0. The maximum absolute atomic E-state index is 11.0. The van der Waals surface area contributed by atoms with Gasteiger partial charge in [-0.3, -0.25) is 9.69 Å². The minimum Gasteiger partial charge on any atom is -0.481 e. The molecule has 1 aromatic heterocycles. The molecule has 3 nitrogen and oxygen atoms in total. The van der Waals surface area contributed by atoms with Crippen LogP contribution in [0.5, 0.6) is 0 Å². The molecule has 88 valence electrons. The summed E-state index contributed by atoms with van der Waals surface area (Å²) in [6.07, 6.45) is 1.82. The van der Waals surface area contributed by atoms with Crippen LogP contribution in [0.3, 0.4) is 0 Å². The zero-order chi connectivity index (χ0) is 11.5. The first-order valence-corrected chi connectivity index (χ1v) is 6.56. The highest BCUT2D eigenvalue weighted by molar-refractivity contribution is 7.10. The van der Waals surface area contributed by atoms with Crippen LogP contribution >= 0.6 is 11.3 Å². The average Bonchev–Trinajstić information content (AvgIpc) is 2.81. The number of nitrogens with zero attached hydrogens (tertiary/aromatic N) is 1. The molecule has 0 radical (unpaired) electrons. The second-order valence-electron chi connectivity index (χ2n) is 4.36. The lowest BCUT2D eigenvalue weighted by atomic mass is 9.97. The maximum atomic E-state index is 11.0. The first-order chi connectivity index (χ1) is 7.68. The number of hydrogen-bond donors (Lipinski definition) is 1. The van der Waals surface area contributed by atoms with Crippen molar-refractivity contribution in [3.63, 3.8) is 0 Å². The van der Waals surface area contributed by atoms with Crippen LogP contribution in [-0.4, -0.2) is 29.1 Å². The lowest BCUT2D eigenvalue weighted by molar-refractivity contribution is -0.143. The lowest BCUT2D eigenvalue weighted by Gasteiger charge is -2.34. The molecule has 1 aliphatic rings. The molecule has 2 rings (SSSR count). The van der Waals surface area contributed by atoms with Crippen LogP contribution < -0.4 is 0 Å². The van der Waals surface area contributed by atoms with E-state index in [9.17, 15) is 4.79 Å². The Kier molecular flexibility index (Phi) is 3.61. The lowest BCUT2D eigenvalue weighted by Crippen LogP contribution is -2.39. The number of carbonyl (C=O) groups is 1. The van der Waals surface area contributed by atoms with Crippen molar-refractivity contribution in [2.75, 3.05) is 13.1 Å². The second-order valence-corrected chi connectivity index (χ2v) is 5.34. The largest absolute Gasteiger partial charge is 0.481 e. The monoisotopic (exact) mass is 239 g/mol. The number of likely N-dealkylation sites (tertiary alicyclic amines) is 1. The molecule has 0 spiro atoms. The molecule has 0 aromatic carbocycles. The smallest absolute Gasteiger partial charge is 0.307 e. The fourth-order valence-electron chi connectivity index (χ4n) is 2.27. The number of carboxylic acid groups (broad SMARTS) is 1. The number of thiophene rings is 1. The average molecular weight is 239 g/mol. The van der Waals surface area contributed by atoms with Crippen LogP contribution in [0.25, 0.3) is 0 Å². The molecule has 0 aliphatic carbocycles. The third-order valence-electron chi connectivity index (χ3n) is 3.30. The van der Waals surface area contributed by atoms with Gasteiger partial charge in [-0.15, -0.1) is 11.3 Å². The van der Waals surface area contributed by atoms with Gasteiger partial charge in [-0.25, -0.2) is 0 Å². The van der Waals surface area contributed by atoms with Crippen molar-refractivity contribution in [1.29, 1.82) is 0 Å². The van der Waals surface area contributed by atoms with Crippen LogP contribution in [0.15, 0.2) is 17.5 Å². The fraction of sp³-hybridized carbons (Fsp3) is 0.583. The summed E-state index contributed by atoms with van der Waals surface area (Å²) in [7, 11) is 0. The third kappa shape index (κ3) is 2.44.